The molecule has 0 saturated heterocycles. The summed E-state index contributed by atoms with van der Waals surface area (Å²) in [5.41, 5.74) is 4.35. The maximum atomic E-state index is 9.20. The molecular weight excluding hydrogens is 260 g/mol. The van der Waals surface area contributed by atoms with Crippen LogP contribution in [0.3, 0.4) is 0 Å². The van der Waals surface area contributed by atoms with E-state index in [1.54, 1.807) is 12.1 Å². The van der Waals surface area contributed by atoms with E-state index in [1.165, 1.54) is 17.3 Å². The van der Waals surface area contributed by atoms with Crippen molar-refractivity contribution in [2.75, 3.05) is 5.32 Å². The standard InChI is InChI=1S/C18H16N2O/c21-18-11-10-17(20-13-18)12-19-16-8-6-15(7-9-16)14-4-2-1-3-5-14/h1-11,13,19,21H,12H2. The Bertz CT molecular complexity index is 692. The molecule has 0 aliphatic carbocycles. The summed E-state index contributed by atoms with van der Waals surface area (Å²) in [7, 11) is 0. The summed E-state index contributed by atoms with van der Waals surface area (Å²) in [6.07, 6.45) is 1.45. The monoisotopic (exact) mass is 276 g/mol. The summed E-state index contributed by atoms with van der Waals surface area (Å²) in [4.78, 5) is 4.15. The Kier molecular flexibility index (Phi) is 3.83. The van der Waals surface area contributed by atoms with Crippen LogP contribution in [0.15, 0.2) is 72.9 Å². The third-order valence-corrected chi connectivity index (χ3v) is 3.27. The van der Waals surface area contributed by atoms with Crippen molar-refractivity contribution >= 4 is 5.69 Å². The summed E-state index contributed by atoms with van der Waals surface area (Å²) in [5.74, 6) is 0.186. The Morgan fingerprint density at radius 1 is 0.810 bits per heavy atom. The van der Waals surface area contributed by atoms with Gasteiger partial charge in [0.05, 0.1) is 18.4 Å². The lowest BCUT2D eigenvalue weighted by Gasteiger charge is -2.07. The van der Waals surface area contributed by atoms with E-state index in [0.717, 1.165) is 11.4 Å². The molecule has 0 aliphatic rings. The van der Waals surface area contributed by atoms with Gasteiger partial charge in [-0.25, -0.2) is 0 Å². The SMILES string of the molecule is Oc1ccc(CNc2ccc(-c3ccccc3)cc2)nc1. The molecule has 3 heteroatoms. The first-order valence-electron chi connectivity index (χ1n) is 6.84. The first-order chi connectivity index (χ1) is 10.3. The molecular formula is C18H16N2O. The zero-order valence-corrected chi connectivity index (χ0v) is 11.5. The zero-order chi connectivity index (χ0) is 14.5. The quantitative estimate of drug-likeness (QED) is 0.755. The molecule has 0 amide bonds. The number of pyridine rings is 1. The highest BCUT2D eigenvalue weighted by Crippen LogP contribution is 2.21. The molecule has 21 heavy (non-hydrogen) atoms. The minimum absolute atomic E-state index is 0.186. The van der Waals surface area contributed by atoms with Crippen molar-refractivity contribution in [3.8, 4) is 16.9 Å². The predicted molar refractivity (Wildman–Crippen MR) is 85.1 cm³/mol. The lowest BCUT2D eigenvalue weighted by atomic mass is 10.1. The minimum atomic E-state index is 0.186. The molecule has 0 bridgehead atoms. The fraction of sp³-hybridized carbons (Fsp3) is 0.0556. The van der Waals surface area contributed by atoms with E-state index in [9.17, 15) is 5.11 Å². The summed E-state index contributed by atoms with van der Waals surface area (Å²) < 4.78 is 0. The van der Waals surface area contributed by atoms with E-state index in [1.807, 2.05) is 18.2 Å². The zero-order valence-electron chi connectivity index (χ0n) is 11.5. The lowest BCUT2D eigenvalue weighted by Crippen LogP contribution is -2.00. The molecule has 2 aromatic carbocycles. The Balaban J connectivity index is 1.66. The van der Waals surface area contributed by atoms with Crippen molar-refractivity contribution in [2.45, 2.75) is 6.54 Å². The van der Waals surface area contributed by atoms with Crippen LogP contribution in [0.2, 0.25) is 0 Å². The first kappa shape index (κ1) is 13.2. The van der Waals surface area contributed by atoms with Crippen LogP contribution in [0.4, 0.5) is 5.69 Å². The fourth-order valence-corrected chi connectivity index (χ4v) is 2.13. The molecule has 0 saturated carbocycles. The average Bonchev–Trinajstić information content (AvgIpc) is 2.56. The maximum Gasteiger partial charge on any atom is 0.133 e. The Morgan fingerprint density at radius 3 is 2.19 bits per heavy atom. The van der Waals surface area contributed by atoms with Crippen LogP contribution >= 0.6 is 0 Å². The van der Waals surface area contributed by atoms with Crippen molar-refractivity contribution in [3.63, 3.8) is 0 Å². The van der Waals surface area contributed by atoms with E-state index in [0.29, 0.717) is 6.54 Å². The van der Waals surface area contributed by atoms with Crippen LogP contribution in [0.25, 0.3) is 11.1 Å². The summed E-state index contributed by atoms with van der Waals surface area (Å²) in [6.45, 7) is 0.630. The normalized spacial score (nSPS) is 10.3. The van der Waals surface area contributed by atoms with Gasteiger partial charge in [-0.3, -0.25) is 4.98 Å². The van der Waals surface area contributed by atoms with Gasteiger partial charge in [-0.2, -0.15) is 0 Å². The molecule has 3 aromatic rings. The summed E-state index contributed by atoms with van der Waals surface area (Å²) >= 11 is 0. The van der Waals surface area contributed by atoms with Gasteiger partial charge in [0.25, 0.3) is 0 Å². The molecule has 1 aromatic heterocycles. The number of rotatable bonds is 4. The first-order valence-corrected chi connectivity index (χ1v) is 6.84. The van der Waals surface area contributed by atoms with Gasteiger partial charge < -0.3 is 10.4 Å². The Labute approximate surface area is 123 Å². The molecule has 0 unspecified atom stereocenters. The predicted octanol–water partition coefficient (Wildman–Crippen LogP) is 4.07. The minimum Gasteiger partial charge on any atom is -0.506 e. The number of nitrogens with zero attached hydrogens (tertiary/aromatic N) is 1. The molecule has 2 N–H and O–H groups in total. The molecule has 0 radical (unpaired) electrons. The largest absolute Gasteiger partial charge is 0.506 e. The van der Waals surface area contributed by atoms with E-state index in [4.69, 9.17) is 0 Å². The second-order valence-corrected chi connectivity index (χ2v) is 4.80. The number of aromatic hydroxyl groups is 1. The van der Waals surface area contributed by atoms with Gasteiger partial charge >= 0.3 is 0 Å². The van der Waals surface area contributed by atoms with E-state index in [-0.39, 0.29) is 5.75 Å². The van der Waals surface area contributed by atoms with E-state index in [2.05, 4.69) is 46.7 Å². The van der Waals surface area contributed by atoms with Gasteiger partial charge in [-0.15, -0.1) is 0 Å². The number of benzene rings is 2. The fourth-order valence-electron chi connectivity index (χ4n) is 2.13. The van der Waals surface area contributed by atoms with Gasteiger partial charge in [0.1, 0.15) is 5.75 Å². The van der Waals surface area contributed by atoms with Crippen LogP contribution in [0, 0.1) is 0 Å². The van der Waals surface area contributed by atoms with Crippen molar-refractivity contribution in [1.82, 2.24) is 4.98 Å². The molecule has 0 fully saturated rings. The van der Waals surface area contributed by atoms with Crippen LogP contribution in [0.1, 0.15) is 5.69 Å². The van der Waals surface area contributed by atoms with E-state index >= 15 is 0 Å². The van der Waals surface area contributed by atoms with Crippen LogP contribution in [-0.2, 0) is 6.54 Å². The number of aromatic nitrogens is 1. The van der Waals surface area contributed by atoms with Gasteiger partial charge in [0, 0.05) is 5.69 Å². The highest BCUT2D eigenvalue weighted by atomic mass is 16.3. The van der Waals surface area contributed by atoms with Crippen molar-refractivity contribution in [1.29, 1.82) is 0 Å². The molecule has 3 nitrogen and oxygen atoms in total. The molecule has 1 heterocycles. The number of hydrogen-bond donors (Lipinski definition) is 2. The highest BCUT2D eigenvalue weighted by molar-refractivity contribution is 5.65. The average molecular weight is 276 g/mol. The van der Waals surface area contributed by atoms with Gasteiger partial charge in [-0.05, 0) is 35.4 Å². The molecule has 3 rings (SSSR count). The number of hydrogen-bond acceptors (Lipinski definition) is 3. The Hall–Kier alpha value is -2.81. The number of anilines is 1. The van der Waals surface area contributed by atoms with Crippen LogP contribution in [0.5, 0.6) is 5.75 Å². The second-order valence-electron chi connectivity index (χ2n) is 4.80. The molecule has 0 atom stereocenters. The third-order valence-electron chi connectivity index (χ3n) is 3.27. The molecule has 0 spiro atoms. The smallest absolute Gasteiger partial charge is 0.133 e. The molecule has 0 aliphatic heterocycles. The second kappa shape index (κ2) is 6.09. The van der Waals surface area contributed by atoms with Crippen LogP contribution < -0.4 is 5.32 Å². The maximum absolute atomic E-state index is 9.20. The van der Waals surface area contributed by atoms with Crippen molar-refractivity contribution in [2.24, 2.45) is 0 Å². The summed E-state index contributed by atoms with van der Waals surface area (Å²) in [5, 5.41) is 12.5. The van der Waals surface area contributed by atoms with Gasteiger partial charge in [-0.1, -0.05) is 42.5 Å². The van der Waals surface area contributed by atoms with E-state index < -0.39 is 0 Å². The van der Waals surface area contributed by atoms with Crippen molar-refractivity contribution < 1.29 is 5.11 Å². The highest BCUT2D eigenvalue weighted by Gasteiger charge is 1.98. The third kappa shape index (κ3) is 3.39. The lowest BCUT2D eigenvalue weighted by molar-refractivity contribution is 0.472. The summed E-state index contributed by atoms with van der Waals surface area (Å²) in [6, 6.07) is 22.1. The van der Waals surface area contributed by atoms with Gasteiger partial charge in [0.2, 0.25) is 0 Å². The Morgan fingerprint density at radius 2 is 1.52 bits per heavy atom. The molecule has 104 valence electrons. The topological polar surface area (TPSA) is 45.1 Å². The number of nitrogens with one attached hydrogen (secondary N) is 1. The van der Waals surface area contributed by atoms with Crippen molar-refractivity contribution in [3.05, 3.63) is 78.6 Å². The van der Waals surface area contributed by atoms with Gasteiger partial charge in [0.15, 0.2) is 0 Å². The van der Waals surface area contributed by atoms with Crippen LogP contribution in [-0.4, -0.2) is 10.1 Å².